The molecule has 0 heterocycles. The van der Waals surface area contributed by atoms with Gasteiger partial charge in [-0.3, -0.25) is 9.50 Å². The van der Waals surface area contributed by atoms with Gasteiger partial charge in [-0.15, -0.1) is 0 Å². The Morgan fingerprint density at radius 2 is 1.00 bits per heavy atom. The van der Waals surface area contributed by atoms with Crippen LogP contribution in [0.25, 0.3) is 11.1 Å². The quantitative estimate of drug-likeness (QED) is 0.813. The normalized spacial score (nSPS) is 9.33. The van der Waals surface area contributed by atoms with Crippen molar-refractivity contribution >= 4 is 15.6 Å². The Morgan fingerprint density at radius 1 is 0.750 bits per heavy atom. The molecule has 0 spiro atoms. The fourth-order valence-electron chi connectivity index (χ4n) is 1.51. The number of carbonyl (C=O) groups is 1. The molecule has 2 aromatic carbocycles. The zero-order valence-electron chi connectivity index (χ0n) is 14.7. The number of sulfone groups is 1. The summed E-state index contributed by atoms with van der Waals surface area (Å²) in [6.07, 6.45) is 3.70. The van der Waals surface area contributed by atoms with Crippen molar-refractivity contribution in [2.45, 2.75) is 26.7 Å². The molecule has 0 radical (unpaired) electrons. The summed E-state index contributed by atoms with van der Waals surface area (Å²) in [7, 11) is -2.67. The van der Waals surface area contributed by atoms with Crippen molar-refractivity contribution in [1.29, 1.82) is 0 Å². The molecule has 5 heteroatoms. The largest absolute Gasteiger partial charge is 0.300 e. The van der Waals surface area contributed by atoms with Crippen molar-refractivity contribution in [2.75, 3.05) is 12.5 Å². The first-order valence-corrected chi connectivity index (χ1v) is 9.85. The van der Waals surface area contributed by atoms with Crippen LogP contribution in [0.5, 0.6) is 0 Å². The molecular formula is C19H27FO3S. The zero-order valence-corrected chi connectivity index (χ0v) is 15.5. The van der Waals surface area contributed by atoms with E-state index < -0.39 is 9.84 Å². The van der Waals surface area contributed by atoms with Gasteiger partial charge in [-0.25, -0.2) is 8.42 Å². The van der Waals surface area contributed by atoms with Gasteiger partial charge in [0, 0.05) is 25.4 Å². The number of benzene rings is 2. The van der Waals surface area contributed by atoms with E-state index in [1.54, 1.807) is 0 Å². The van der Waals surface area contributed by atoms with Gasteiger partial charge in [-0.2, -0.15) is 0 Å². The summed E-state index contributed by atoms with van der Waals surface area (Å²) in [4.78, 5) is 10.2. The number of halogens is 1. The maximum atomic E-state index is 10.2. The van der Waals surface area contributed by atoms with Gasteiger partial charge in [0.25, 0.3) is 0 Å². The number of Topliss-reactive ketones (excluding diaryl/α,β-unsaturated/α-hetero) is 1. The van der Waals surface area contributed by atoms with Gasteiger partial charge in [-0.1, -0.05) is 74.5 Å². The van der Waals surface area contributed by atoms with Crippen molar-refractivity contribution in [3.8, 4) is 11.1 Å². The third-order valence-electron chi connectivity index (χ3n) is 2.67. The van der Waals surface area contributed by atoms with E-state index in [0.717, 1.165) is 12.5 Å². The predicted molar refractivity (Wildman–Crippen MR) is 101 cm³/mol. The van der Waals surface area contributed by atoms with Gasteiger partial charge in [0.05, 0.1) is 0 Å². The number of hydrogen-bond acceptors (Lipinski definition) is 3. The van der Waals surface area contributed by atoms with Crippen LogP contribution >= 0.6 is 0 Å². The van der Waals surface area contributed by atoms with Crippen molar-refractivity contribution in [2.24, 2.45) is 0 Å². The summed E-state index contributed by atoms with van der Waals surface area (Å²) < 4.78 is 19.3. The van der Waals surface area contributed by atoms with Crippen LogP contribution in [0.4, 0.5) is 4.70 Å². The molecule has 134 valence electrons. The number of ketones is 1. The minimum absolute atomic E-state index is 0. The van der Waals surface area contributed by atoms with Crippen molar-refractivity contribution in [3.05, 3.63) is 60.7 Å². The average Bonchev–Trinajstić information content (AvgIpc) is 2.55. The monoisotopic (exact) mass is 354 g/mol. The summed E-state index contributed by atoms with van der Waals surface area (Å²) in [5.41, 5.74) is 2.55. The third kappa shape index (κ3) is 14.9. The average molecular weight is 354 g/mol. The lowest BCUT2D eigenvalue weighted by molar-refractivity contribution is -0.118. The van der Waals surface area contributed by atoms with Crippen LogP contribution < -0.4 is 0 Å². The Bertz CT molecular complexity index is 602. The van der Waals surface area contributed by atoms with Gasteiger partial charge < -0.3 is 0 Å². The SMILES string of the molecule is CCC(=O)CC.CS(C)(=O)=O.F.c1ccc(-c2ccccc2)cc1. The van der Waals surface area contributed by atoms with Gasteiger partial charge in [0.15, 0.2) is 0 Å². The lowest BCUT2D eigenvalue weighted by atomic mass is 10.1. The molecule has 24 heavy (non-hydrogen) atoms. The van der Waals surface area contributed by atoms with E-state index >= 15 is 0 Å². The third-order valence-corrected chi connectivity index (χ3v) is 2.67. The maximum Gasteiger partial charge on any atom is 0.144 e. The number of carbonyl (C=O) groups excluding carboxylic acids is 1. The van der Waals surface area contributed by atoms with Crippen LogP contribution in [0.1, 0.15) is 26.7 Å². The maximum absolute atomic E-state index is 10.2. The summed E-state index contributed by atoms with van der Waals surface area (Å²) in [6, 6.07) is 20.8. The Morgan fingerprint density at radius 3 is 1.17 bits per heavy atom. The highest BCUT2D eigenvalue weighted by Crippen LogP contribution is 2.17. The molecule has 0 saturated heterocycles. The highest BCUT2D eigenvalue weighted by atomic mass is 32.2. The zero-order chi connectivity index (χ0) is 17.7. The highest BCUT2D eigenvalue weighted by molar-refractivity contribution is 7.89. The van der Waals surface area contributed by atoms with Crippen molar-refractivity contribution in [1.82, 2.24) is 0 Å². The van der Waals surface area contributed by atoms with Crippen LogP contribution in [0.3, 0.4) is 0 Å². The molecule has 0 unspecified atom stereocenters. The molecule has 0 aliphatic heterocycles. The van der Waals surface area contributed by atoms with Crippen LogP contribution in [0.15, 0.2) is 60.7 Å². The molecule has 0 atom stereocenters. The standard InChI is InChI=1S/C12H10.C5H10O.C2H6O2S.FH/c1-3-7-11(8-4-1)12-9-5-2-6-10-12;1-3-5(6)4-2;1-5(2,3)4;/h1-10H;3-4H2,1-2H3;1-2H3;1H. The molecule has 2 aromatic rings. The molecule has 0 fully saturated rings. The molecule has 0 amide bonds. The molecule has 0 bridgehead atoms. The molecule has 0 saturated carbocycles. The van der Waals surface area contributed by atoms with Gasteiger partial charge in [-0.05, 0) is 11.1 Å². The second kappa shape index (κ2) is 13.4. The second-order valence-corrected chi connectivity index (χ2v) is 7.41. The van der Waals surface area contributed by atoms with E-state index in [1.165, 1.54) is 11.1 Å². The Labute approximate surface area is 145 Å². The van der Waals surface area contributed by atoms with Crippen molar-refractivity contribution < 1.29 is 17.9 Å². The number of rotatable bonds is 3. The topological polar surface area (TPSA) is 51.2 Å². The van der Waals surface area contributed by atoms with Crippen LogP contribution in [-0.2, 0) is 14.6 Å². The summed E-state index contributed by atoms with van der Waals surface area (Å²) in [5.74, 6) is 0.343. The smallest absolute Gasteiger partial charge is 0.144 e. The van der Waals surface area contributed by atoms with E-state index in [4.69, 9.17) is 0 Å². The first-order valence-electron chi connectivity index (χ1n) is 7.55. The van der Waals surface area contributed by atoms with E-state index in [1.807, 2.05) is 26.0 Å². The summed E-state index contributed by atoms with van der Waals surface area (Å²) >= 11 is 0. The minimum Gasteiger partial charge on any atom is -0.300 e. The first-order chi connectivity index (χ1) is 10.8. The first kappa shape index (κ1) is 24.2. The summed E-state index contributed by atoms with van der Waals surface area (Å²) in [5, 5.41) is 0. The highest BCUT2D eigenvalue weighted by Gasteiger charge is 1.91. The Kier molecular flexibility index (Phi) is 13.6. The number of hydrogen-bond donors (Lipinski definition) is 0. The lowest BCUT2D eigenvalue weighted by Crippen LogP contribution is -1.88. The van der Waals surface area contributed by atoms with Crippen molar-refractivity contribution in [3.63, 3.8) is 0 Å². The van der Waals surface area contributed by atoms with E-state index in [0.29, 0.717) is 18.6 Å². The fourth-order valence-corrected chi connectivity index (χ4v) is 1.51. The van der Waals surface area contributed by atoms with Crippen LogP contribution in [0.2, 0.25) is 0 Å². The molecule has 0 aliphatic carbocycles. The lowest BCUT2D eigenvalue weighted by Gasteiger charge is -1.98. The van der Waals surface area contributed by atoms with E-state index in [2.05, 4.69) is 48.5 Å². The van der Waals surface area contributed by atoms with Gasteiger partial charge >= 0.3 is 0 Å². The molecular weight excluding hydrogens is 327 g/mol. The van der Waals surface area contributed by atoms with Gasteiger partial charge in [0.1, 0.15) is 15.6 Å². The Balaban J connectivity index is 0. The Hall–Kier alpha value is -2.01. The molecule has 0 aromatic heterocycles. The molecule has 0 aliphatic rings. The molecule has 0 N–H and O–H groups in total. The molecule has 3 nitrogen and oxygen atoms in total. The van der Waals surface area contributed by atoms with Crippen LogP contribution in [0, 0.1) is 0 Å². The fraction of sp³-hybridized carbons (Fsp3) is 0.316. The molecule has 2 rings (SSSR count). The predicted octanol–water partition coefficient (Wildman–Crippen LogP) is 4.54. The minimum atomic E-state index is -2.67. The van der Waals surface area contributed by atoms with Crippen LogP contribution in [-0.4, -0.2) is 26.7 Å². The second-order valence-electron chi connectivity index (χ2n) is 5.12. The van der Waals surface area contributed by atoms with E-state index in [9.17, 15) is 13.2 Å². The van der Waals surface area contributed by atoms with E-state index in [-0.39, 0.29) is 4.70 Å². The summed E-state index contributed by atoms with van der Waals surface area (Å²) in [6.45, 7) is 3.76. The van der Waals surface area contributed by atoms with Gasteiger partial charge in [0.2, 0.25) is 0 Å².